The summed E-state index contributed by atoms with van der Waals surface area (Å²) in [6.45, 7) is 1.09. The number of halogens is 3. The number of hydrogen-bond acceptors (Lipinski definition) is 4. The number of thioether (sulfide) groups is 1. The van der Waals surface area contributed by atoms with Gasteiger partial charge in [-0.2, -0.15) is 18.4 Å². The predicted molar refractivity (Wildman–Crippen MR) is 83.4 cm³/mol. The maximum Gasteiger partial charge on any atom is 0.425 e. The van der Waals surface area contributed by atoms with Crippen molar-refractivity contribution in [3.63, 3.8) is 0 Å². The Morgan fingerprint density at radius 2 is 1.83 bits per heavy atom. The first-order valence-corrected chi connectivity index (χ1v) is 8.24. The van der Waals surface area contributed by atoms with Crippen LogP contribution in [0.4, 0.5) is 13.2 Å². The van der Waals surface area contributed by atoms with E-state index in [1.165, 1.54) is 24.3 Å². The molecule has 1 unspecified atom stereocenters. The Morgan fingerprint density at radius 3 is 2.38 bits per heavy atom. The average molecular weight is 353 g/mol. The molecule has 0 aromatic heterocycles. The first-order valence-electron chi connectivity index (χ1n) is 7.42. The number of nitrogens with one attached hydrogen (secondary N) is 1. The number of nitrogens with zero attached hydrogens (tertiary/aromatic N) is 2. The summed E-state index contributed by atoms with van der Waals surface area (Å²) in [5, 5.41) is 11.4. The van der Waals surface area contributed by atoms with E-state index < -0.39 is 17.0 Å². The van der Waals surface area contributed by atoms with E-state index in [0.29, 0.717) is 24.9 Å². The minimum absolute atomic E-state index is 0.0652. The molecule has 1 N–H and O–H groups in total. The van der Waals surface area contributed by atoms with E-state index in [0.717, 1.165) is 12.8 Å². The van der Waals surface area contributed by atoms with E-state index in [-0.39, 0.29) is 16.2 Å². The molecule has 0 bridgehead atoms. The SMILES string of the molecule is N#CC1=C(N2CCCC2)SC(c2ccccc2)(C(F)(F)F)NC1=O. The minimum Gasteiger partial charge on any atom is -0.365 e. The van der Waals surface area contributed by atoms with E-state index in [4.69, 9.17) is 0 Å². The summed E-state index contributed by atoms with van der Waals surface area (Å²) < 4.78 is 42.0. The average Bonchev–Trinajstić information content (AvgIpc) is 3.08. The van der Waals surface area contributed by atoms with Crippen LogP contribution in [0.1, 0.15) is 18.4 Å². The Hall–Kier alpha value is -2.14. The number of rotatable bonds is 2. The highest BCUT2D eigenvalue weighted by molar-refractivity contribution is 8.04. The van der Waals surface area contributed by atoms with Crippen molar-refractivity contribution in [2.24, 2.45) is 0 Å². The zero-order valence-corrected chi connectivity index (χ0v) is 13.4. The quantitative estimate of drug-likeness (QED) is 0.888. The zero-order chi connectivity index (χ0) is 17.4. The van der Waals surface area contributed by atoms with Crippen molar-refractivity contribution in [1.29, 1.82) is 5.26 Å². The lowest BCUT2D eigenvalue weighted by Gasteiger charge is -2.41. The smallest absolute Gasteiger partial charge is 0.365 e. The van der Waals surface area contributed by atoms with E-state index in [2.05, 4.69) is 0 Å². The fourth-order valence-electron chi connectivity index (χ4n) is 2.88. The van der Waals surface area contributed by atoms with Crippen LogP contribution in [0.25, 0.3) is 0 Å². The summed E-state index contributed by atoms with van der Waals surface area (Å²) in [6, 6.07) is 9.03. The van der Waals surface area contributed by atoms with Gasteiger partial charge in [0, 0.05) is 13.1 Å². The van der Waals surface area contributed by atoms with E-state index in [1.807, 2.05) is 5.32 Å². The molecule has 24 heavy (non-hydrogen) atoms. The highest BCUT2D eigenvalue weighted by Crippen LogP contribution is 2.53. The van der Waals surface area contributed by atoms with Crippen LogP contribution in [-0.4, -0.2) is 30.1 Å². The van der Waals surface area contributed by atoms with Crippen LogP contribution in [0.5, 0.6) is 0 Å². The summed E-state index contributed by atoms with van der Waals surface area (Å²) in [5.41, 5.74) is -0.317. The van der Waals surface area contributed by atoms with Crippen LogP contribution < -0.4 is 5.32 Å². The van der Waals surface area contributed by atoms with Crippen LogP contribution in [0.15, 0.2) is 40.9 Å². The maximum absolute atomic E-state index is 14.0. The summed E-state index contributed by atoms with van der Waals surface area (Å²) >= 11 is 0.499. The van der Waals surface area contributed by atoms with Crippen molar-refractivity contribution < 1.29 is 18.0 Å². The normalized spacial score (nSPS) is 24.8. The second-order valence-corrected chi connectivity index (χ2v) is 6.79. The molecule has 2 heterocycles. The molecule has 8 heteroatoms. The van der Waals surface area contributed by atoms with Gasteiger partial charge in [0.25, 0.3) is 5.91 Å². The predicted octanol–water partition coefficient (Wildman–Crippen LogP) is 3.10. The number of carbonyl (C=O) groups is 1. The van der Waals surface area contributed by atoms with Gasteiger partial charge in [-0.1, -0.05) is 42.1 Å². The van der Waals surface area contributed by atoms with E-state index in [1.54, 1.807) is 17.0 Å². The van der Waals surface area contributed by atoms with Crippen LogP contribution in [0.3, 0.4) is 0 Å². The zero-order valence-electron chi connectivity index (χ0n) is 12.6. The Kier molecular flexibility index (Phi) is 4.22. The molecule has 1 atom stereocenters. The second kappa shape index (κ2) is 6.06. The van der Waals surface area contributed by atoms with Crippen molar-refractivity contribution in [3.05, 3.63) is 46.5 Å². The number of carbonyl (C=O) groups excluding carboxylic acids is 1. The largest absolute Gasteiger partial charge is 0.425 e. The van der Waals surface area contributed by atoms with Crippen molar-refractivity contribution in [2.75, 3.05) is 13.1 Å². The van der Waals surface area contributed by atoms with E-state index in [9.17, 15) is 23.2 Å². The minimum atomic E-state index is -4.72. The van der Waals surface area contributed by atoms with Gasteiger partial charge in [0.2, 0.25) is 4.87 Å². The highest BCUT2D eigenvalue weighted by Gasteiger charge is 2.61. The molecular formula is C16H14F3N3OS. The van der Waals surface area contributed by atoms with Crippen molar-refractivity contribution in [3.8, 4) is 6.07 Å². The van der Waals surface area contributed by atoms with Crippen LogP contribution in [-0.2, 0) is 9.67 Å². The summed E-state index contributed by atoms with van der Waals surface area (Å²) in [6.07, 6.45) is -3.07. The van der Waals surface area contributed by atoms with Gasteiger partial charge in [0.05, 0.1) is 5.03 Å². The highest BCUT2D eigenvalue weighted by atomic mass is 32.2. The van der Waals surface area contributed by atoms with E-state index >= 15 is 0 Å². The molecule has 0 saturated carbocycles. The van der Waals surface area contributed by atoms with Gasteiger partial charge in [0.15, 0.2) is 0 Å². The molecule has 2 aliphatic rings. The molecule has 1 fully saturated rings. The molecule has 1 aromatic rings. The fraction of sp³-hybridized carbons (Fsp3) is 0.375. The second-order valence-electron chi connectivity index (χ2n) is 5.59. The lowest BCUT2D eigenvalue weighted by Crippen LogP contribution is -2.57. The molecule has 3 rings (SSSR count). The Labute approximate surface area is 141 Å². The van der Waals surface area contributed by atoms with Crippen molar-refractivity contribution in [1.82, 2.24) is 10.2 Å². The molecule has 1 amide bonds. The Balaban J connectivity index is 2.15. The molecule has 1 aromatic carbocycles. The monoisotopic (exact) mass is 353 g/mol. The standard InChI is InChI=1S/C16H14F3N3OS/c17-16(18,19)15(11-6-2-1-3-7-11)21-13(23)12(10-20)14(24-15)22-8-4-5-9-22/h1-3,6-7H,4-5,8-9H2,(H,21,23). The molecule has 2 aliphatic heterocycles. The van der Waals surface area contributed by atoms with Crippen molar-refractivity contribution >= 4 is 17.7 Å². The van der Waals surface area contributed by atoms with Crippen LogP contribution >= 0.6 is 11.8 Å². The molecule has 126 valence electrons. The lowest BCUT2D eigenvalue weighted by molar-refractivity contribution is -0.174. The van der Waals surface area contributed by atoms with Gasteiger partial charge in [-0.25, -0.2) is 0 Å². The number of alkyl halides is 3. The Bertz CT molecular complexity index is 720. The molecule has 4 nitrogen and oxygen atoms in total. The van der Waals surface area contributed by atoms with Crippen molar-refractivity contribution in [2.45, 2.75) is 23.9 Å². The van der Waals surface area contributed by atoms with Crippen LogP contribution in [0.2, 0.25) is 0 Å². The third-order valence-electron chi connectivity index (χ3n) is 4.06. The third kappa shape index (κ3) is 2.63. The molecular weight excluding hydrogens is 339 g/mol. The maximum atomic E-state index is 14.0. The lowest BCUT2D eigenvalue weighted by atomic mass is 10.0. The van der Waals surface area contributed by atoms with Gasteiger partial charge >= 0.3 is 6.18 Å². The van der Waals surface area contributed by atoms with Gasteiger partial charge in [-0.3, -0.25) is 4.79 Å². The van der Waals surface area contributed by atoms with Gasteiger partial charge in [-0.15, -0.1) is 0 Å². The first kappa shape index (κ1) is 16.7. The van der Waals surface area contributed by atoms with Gasteiger partial charge in [0.1, 0.15) is 11.6 Å². The fourth-order valence-corrected chi connectivity index (χ4v) is 4.23. The van der Waals surface area contributed by atoms with Gasteiger partial charge < -0.3 is 10.2 Å². The third-order valence-corrected chi connectivity index (χ3v) is 5.60. The first-order chi connectivity index (χ1) is 11.4. The number of amides is 1. The number of likely N-dealkylation sites (tertiary alicyclic amines) is 1. The van der Waals surface area contributed by atoms with Gasteiger partial charge in [-0.05, 0) is 18.4 Å². The Morgan fingerprint density at radius 1 is 1.21 bits per heavy atom. The molecule has 0 radical (unpaired) electrons. The molecule has 0 spiro atoms. The molecule has 1 saturated heterocycles. The number of benzene rings is 1. The number of nitriles is 1. The summed E-state index contributed by atoms with van der Waals surface area (Å²) in [7, 11) is 0. The van der Waals surface area contributed by atoms with Crippen LogP contribution in [0, 0.1) is 11.3 Å². The molecule has 0 aliphatic carbocycles. The topological polar surface area (TPSA) is 56.1 Å². The number of hydrogen-bond donors (Lipinski definition) is 1. The summed E-state index contributed by atoms with van der Waals surface area (Å²) in [4.78, 5) is 11.4. The summed E-state index contributed by atoms with van der Waals surface area (Å²) in [5.74, 6) is -0.987.